The Morgan fingerprint density at radius 2 is 1.89 bits per heavy atom. The fourth-order valence-corrected chi connectivity index (χ4v) is 1.62. The number of rotatable bonds is 5. The molecule has 0 unspecified atom stereocenters. The second kappa shape index (κ2) is 5.96. The van der Waals surface area contributed by atoms with Gasteiger partial charge >= 0.3 is 0 Å². The first-order valence-corrected chi connectivity index (χ1v) is 5.85. The summed E-state index contributed by atoms with van der Waals surface area (Å²) in [5.74, 6) is 0.709. The molecular weight excluding hydrogens is 226 g/mol. The maximum atomic E-state index is 10.9. The Morgan fingerprint density at radius 1 is 1.11 bits per heavy atom. The zero-order valence-electron chi connectivity index (χ0n) is 10.3. The minimum Gasteiger partial charge on any atom is -0.473 e. The highest BCUT2D eigenvalue weighted by Gasteiger charge is 2.00. The highest BCUT2D eigenvalue weighted by Crippen LogP contribution is 2.10. The van der Waals surface area contributed by atoms with Crippen LogP contribution in [0.2, 0.25) is 0 Å². The van der Waals surface area contributed by atoms with Crippen molar-refractivity contribution in [1.29, 1.82) is 0 Å². The van der Waals surface area contributed by atoms with Crippen LogP contribution in [0.1, 0.15) is 18.1 Å². The fourth-order valence-electron chi connectivity index (χ4n) is 1.62. The molecule has 0 atom stereocenters. The van der Waals surface area contributed by atoms with E-state index in [0.29, 0.717) is 18.9 Å². The first-order chi connectivity index (χ1) is 8.74. The molecule has 0 N–H and O–H groups in total. The summed E-state index contributed by atoms with van der Waals surface area (Å²) in [6.45, 7) is 2.07. The number of ketones is 1. The maximum Gasteiger partial charge on any atom is 0.213 e. The second-order valence-electron chi connectivity index (χ2n) is 4.16. The van der Waals surface area contributed by atoms with Crippen LogP contribution in [0.5, 0.6) is 5.88 Å². The van der Waals surface area contributed by atoms with Crippen LogP contribution in [0.4, 0.5) is 0 Å². The molecule has 1 aromatic carbocycles. The third-order valence-corrected chi connectivity index (χ3v) is 2.48. The van der Waals surface area contributed by atoms with Gasteiger partial charge in [0.25, 0.3) is 0 Å². The van der Waals surface area contributed by atoms with E-state index in [1.165, 1.54) is 0 Å². The van der Waals surface area contributed by atoms with Crippen molar-refractivity contribution in [3.8, 4) is 5.88 Å². The van der Waals surface area contributed by atoms with Gasteiger partial charge in [-0.1, -0.05) is 36.4 Å². The molecule has 0 bridgehead atoms. The quantitative estimate of drug-likeness (QED) is 0.808. The molecule has 92 valence electrons. The molecule has 0 spiro atoms. The first-order valence-electron chi connectivity index (χ1n) is 5.85. The van der Waals surface area contributed by atoms with E-state index in [2.05, 4.69) is 4.98 Å². The Balaban J connectivity index is 1.92. The molecule has 0 saturated heterocycles. The van der Waals surface area contributed by atoms with Gasteiger partial charge in [-0.05, 0) is 18.1 Å². The standard InChI is InChI=1S/C15H15NO2/c1-12(17)9-14-7-8-15(16-10-14)18-11-13-5-3-2-4-6-13/h2-8,10H,9,11H2,1H3. The summed E-state index contributed by atoms with van der Waals surface area (Å²) < 4.78 is 5.56. The van der Waals surface area contributed by atoms with Gasteiger partial charge in [0, 0.05) is 18.7 Å². The minimum atomic E-state index is 0.134. The minimum absolute atomic E-state index is 0.134. The molecule has 0 aliphatic rings. The van der Waals surface area contributed by atoms with Crippen molar-refractivity contribution in [2.45, 2.75) is 20.0 Å². The Labute approximate surface area is 106 Å². The predicted octanol–water partition coefficient (Wildman–Crippen LogP) is 2.79. The summed E-state index contributed by atoms with van der Waals surface area (Å²) in [4.78, 5) is 15.1. The van der Waals surface area contributed by atoms with E-state index >= 15 is 0 Å². The number of benzene rings is 1. The number of pyridine rings is 1. The topological polar surface area (TPSA) is 39.2 Å². The van der Waals surface area contributed by atoms with Gasteiger partial charge < -0.3 is 4.74 Å². The summed E-state index contributed by atoms with van der Waals surface area (Å²) in [5.41, 5.74) is 2.02. The fraction of sp³-hybridized carbons (Fsp3) is 0.200. The second-order valence-corrected chi connectivity index (χ2v) is 4.16. The van der Waals surface area contributed by atoms with Crippen molar-refractivity contribution >= 4 is 5.78 Å². The van der Waals surface area contributed by atoms with Crippen molar-refractivity contribution < 1.29 is 9.53 Å². The highest BCUT2D eigenvalue weighted by molar-refractivity contribution is 5.78. The van der Waals surface area contributed by atoms with Gasteiger partial charge in [0.2, 0.25) is 5.88 Å². The first kappa shape index (κ1) is 12.3. The molecule has 0 amide bonds. The number of hydrogen-bond donors (Lipinski definition) is 0. The van der Waals surface area contributed by atoms with E-state index in [9.17, 15) is 4.79 Å². The Morgan fingerprint density at radius 3 is 2.50 bits per heavy atom. The molecule has 2 rings (SSSR count). The van der Waals surface area contributed by atoms with Crippen molar-refractivity contribution in [1.82, 2.24) is 4.98 Å². The highest BCUT2D eigenvalue weighted by atomic mass is 16.5. The van der Waals surface area contributed by atoms with Crippen LogP contribution in [0, 0.1) is 0 Å². The van der Waals surface area contributed by atoms with Crippen LogP contribution < -0.4 is 4.74 Å². The van der Waals surface area contributed by atoms with Crippen LogP contribution in [-0.4, -0.2) is 10.8 Å². The molecule has 0 aliphatic carbocycles. The predicted molar refractivity (Wildman–Crippen MR) is 69.4 cm³/mol. The van der Waals surface area contributed by atoms with Gasteiger partial charge in [-0.2, -0.15) is 0 Å². The summed E-state index contributed by atoms with van der Waals surface area (Å²) in [7, 11) is 0. The van der Waals surface area contributed by atoms with Crippen LogP contribution in [0.15, 0.2) is 48.7 Å². The third kappa shape index (κ3) is 3.70. The smallest absolute Gasteiger partial charge is 0.213 e. The normalized spacial score (nSPS) is 10.1. The van der Waals surface area contributed by atoms with E-state index in [0.717, 1.165) is 11.1 Å². The lowest BCUT2D eigenvalue weighted by Crippen LogP contribution is -1.99. The summed E-state index contributed by atoms with van der Waals surface area (Å²) >= 11 is 0. The Kier molecular flexibility index (Phi) is 4.07. The van der Waals surface area contributed by atoms with Crippen molar-refractivity contribution in [3.05, 3.63) is 59.8 Å². The number of ether oxygens (including phenoxy) is 1. The van der Waals surface area contributed by atoms with E-state index in [4.69, 9.17) is 4.74 Å². The van der Waals surface area contributed by atoms with Crippen molar-refractivity contribution in [2.24, 2.45) is 0 Å². The zero-order chi connectivity index (χ0) is 12.8. The molecule has 3 heteroatoms. The molecular formula is C15H15NO2. The molecule has 0 saturated carbocycles. The van der Waals surface area contributed by atoms with E-state index in [1.807, 2.05) is 36.4 Å². The van der Waals surface area contributed by atoms with Crippen LogP contribution in [0.3, 0.4) is 0 Å². The molecule has 0 radical (unpaired) electrons. The summed E-state index contributed by atoms with van der Waals surface area (Å²) in [6, 6.07) is 13.6. The van der Waals surface area contributed by atoms with Gasteiger partial charge in [-0.3, -0.25) is 4.79 Å². The molecule has 0 fully saturated rings. The Hall–Kier alpha value is -2.16. The number of nitrogens with zero attached hydrogens (tertiary/aromatic N) is 1. The lowest BCUT2D eigenvalue weighted by molar-refractivity contribution is -0.116. The average molecular weight is 241 g/mol. The number of aromatic nitrogens is 1. The average Bonchev–Trinajstić information content (AvgIpc) is 2.38. The van der Waals surface area contributed by atoms with Crippen molar-refractivity contribution in [2.75, 3.05) is 0 Å². The monoisotopic (exact) mass is 241 g/mol. The van der Waals surface area contributed by atoms with Crippen molar-refractivity contribution in [3.63, 3.8) is 0 Å². The number of carbonyl (C=O) groups excluding carboxylic acids is 1. The van der Waals surface area contributed by atoms with E-state index in [-0.39, 0.29) is 5.78 Å². The summed E-state index contributed by atoms with van der Waals surface area (Å²) in [5, 5.41) is 0. The number of Topliss-reactive ketones (excluding diaryl/α,β-unsaturated/α-hetero) is 1. The largest absolute Gasteiger partial charge is 0.473 e. The SMILES string of the molecule is CC(=O)Cc1ccc(OCc2ccccc2)nc1. The van der Waals surface area contributed by atoms with Crippen LogP contribution in [-0.2, 0) is 17.8 Å². The molecule has 18 heavy (non-hydrogen) atoms. The van der Waals surface area contributed by atoms with E-state index in [1.54, 1.807) is 19.2 Å². The van der Waals surface area contributed by atoms with E-state index < -0.39 is 0 Å². The molecule has 1 heterocycles. The van der Waals surface area contributed by atoms with Gasteiger partial charge in [-0.25, -0.2) is 4.98 Å². The lowest BCUT2D eigenvalue weighted by atomic mass is 10.1. The number of carbonyl (C=O) groups is 1. The van der Waals surface area contributed by atoms with Gasteiger partial charge in [0.1, 0.15) is 12.4 Å². The molecule has 2 aromatic rings. The van der Waals surface area contributed by atoms with Gasteiger partial charge in [-0.15, -0.1) is 0 Å². The summed E-state index contributed by atoms with van der Waals surface area (Å²) in [6.07, 6.45) is 2.10. The van der Waals surface area contributed by atoms with Crippen LogP contribution >= 0.6 is 0 Å². The molecule has 0 aliphatic heterocycles. The number of hydrogen-bond acceptors (Lipinski definition) is 3. The maximum absolute atomic E-state index is 10.9. The molecule has 3 nitrogen and oxygen atoms in total. The lowest BCUT2D eigenvalue weighted by Gasteiger charge is -2.05. The van der Waals surface area contributed by atoms with Gasteiger partial charge in [0.05, 0.1) is 0 Å². The van der Waals surface area contributed by atoms with Gasteiger partial charge in [0.15, 0.2) is 0 Å². The third-order valence-electron chi connectivity index (χ3n) is 2.48. The zero-order valence-corrected chi connectivity index (χ0v) is 10.3. The van der Waals surface area contributed by atoms with Crippen LogP contribution in [0.25, 0.3) is 0 Å². The molecule has 1 aromatic heterocycles. The Bertz CT molecular complexity index is 506.